The zero-order chi connectivity index (χ0) is 12.6. The molecular weight excluding hydrogens is 262 g/mol. The molecule has 0 spiro atoms. The number of halogens is 1. The van der Waals surface area contributed by atoms with Crippen LogP contribution in [0, 0.1) is 12.3 Å². The highest BCUT2D eigenvalue weighted by Gasteiger charge is 2.14. The minimum absolute atomic E-state index is 0. The van der Waals surface area contributed by atoms with Gasteiger partial charge < -0.3 is 14.8 Å². The maximum absolute atomic E-state index is 5.56. The number of rotatable bonds is 6. The molecule has 104 valence electrons. The first-order chi connectivity index (χ1) is 8.88. The van der Waals surface area contributed by atoms with Gasteiger partial charge in [-0.2, -0.15) is 0 Å². The monoisotopic (exact) mass is 281 g/mol. The summed E-state index contributed by atoms with van der Waals surface area (Å²) in [5.41, 5.74) is 1.20. The van der Waals surface area contributed by atoms with E-state index in [0.717, 1.165) is 25.4 Å². The van der Waals surface area contributed by atoms with Crippen LogP contribution < -0.4 is 10.1 Å². The summed E-state index contributed by atoms with van der Waals surface area (Å²) in [6.45, 7) is 2.96. The molecule has 0 saturated carbocycles. The van der Waals surface area contributed by atoms with Gasteiger partial charge >= 0.3 is 0 Å². The Morgan fingerprint density at radius 3 is 3.11 bits per heavy atom. The van der Waals surface area contributed by atoms with Gasteiger partial charge in [0.25, 0.3) is 0 Å². The third-order valence-electron chi connectivity index (χ3n) is 2.95. The molecule has 19 heavy (non-hydrogen) atoms. The van der Waals surface area contributed by atoms with E-state index in [0.29, 0.717) is 12.7 Å². The second kappa shape index (κ2) is 8.82. The van der Waals surface area contributed by atoms with Crippen molar-refractivity contribution in [1.29, 1.82) is 0 Å². The summed E-state index contributed by atoms with van der Waals surface area (Å²) in [6, 6.07) is 7.99. The molecule has 1 fully saturated rings. The van der Waals surface area contributed by atoms with Gasteiger partial charge in [-0.1, -0.05) is 18.1 Å². The Morgan fingerprint density at radius 2 is 2.37 bits per heavy atom. The zero-order valence-electron chi connectivity index (χ0n) is 10.9. The van der Waals surface area contributed by atoms with Gasteiger partial charge in [-0.15, -0.1) is 18.8 Å². The fraction of sp³-hybridized carbons (Fsp3) is 0.467. The van der Waals surface area contributed by atoms with Gasteiger partial charge in [-0.3, -0.25) is 0 Å². The van der Waals surface area contributed by atoms with E-state index in [1.54, 1.807) is 0 Å². The minimum Gasteiger partial charge on any atom is -0.481 e. The van der Waals surface area contributed by atoms with Crippen molar-refractivity contribution in [1.82, 2.24) is 5.32 Å². The zero-order valence-corrected chi connectivity index (χ0v) is 11.7. The van der Waals surface area contributed by atoms with Crippen LogP contribution in [-0.4, -0.2) is 25.9 Å². The van der Waals surface area contributed by atoms with Crippen LogP contribution in [0.25, 0.3) is 0 Å². The predicted molar refractivity (Wildman–Crippen MR) is 78.7 cm³/mol. The van der Waals surface area contributed by atoms with Crippen molar-refractivity contribution in [3.8, 4) is 18.1 Å². The Bertz CT molecular complexity index is 411. The molecule has 3 nitrogen and oxygen atoms in total. The highest BCUT2D eigenvalue weighted by Crippen LogP contribution is 2.14. The van der Waals surface area contributed by atoms with Gasteiger partial charge in [-0.05, 0) is 30.5 Å². The Kier molecular flexibility index (Phi) is 7.35. The molecule has 1 aromatic carbocycles. The van der Waals surface area contributed by atoms with Crippen molar-refractivity contribution in [2.24, 2.45) is 0 Å². The molecule has 2 rings (SSSR count). The fourth-order valence-electron chi connectivity index (χ4n) is 2.05. The number of benzene rings is 1. The average molecular weight is 282 g/mol. The van der Waals surface area contributed by atoms with Crippen molar-refractivity contribution in [3.63, 3.8) is 0 Å². The minimum atomic E-state index is 0. The molecule has 1 atom stereocenters. The molecule has 0 radical (unpaired) electrons. The van der Waals surface area contributed by atoms with Crippen molar-refractivity contribution in [2.45, 2.75) is 25.5 Å². The molecule has 0 amide bonds. The normalized spacial score (nSPS) is 17.5. The van der Waals surface area contributed by atoms with Crippen molar-refractivity contribution >= 4 is 12.4 Å². The molecule has 1 aromatic rings. The first-order valence-electron chi connectivity index (χ1n) is 6.36. The number of hydrogen-bond donors (Lipinski definition) is 1. The summed E-state index contributed by atoms with van der Waals surface area (Å²) < 4.78 is 10.9. The van der Waals surface area contributed by atoms with Crippen molar-refractivity contribution < 1.29 is 9.47 Å². The third kappa shape index (κ3) is 5.52. The molecular formula is C15H20ClNO2. The second-order valence-electron chi connectivity index (χ2n) is 4.41. The average Bonchev–Trinajstić information content (AvgIpc) is 2.90. The van der Waals surface area contributed by atoms with E-state index in [9.17, 15) is 0 Å². The SMILES string of the molecule is C#CCOc1cccc(CNCC2CCCO2)c1.Cl. The Morgan fingerprint density at radius 1 is 1.47 bits per heavy atom. The van der Waals surface area contributed by atoms with E-state index in [1.807, 2.05) is 18.2 Å². The van der Waals surface area contributed by atoms with E-state index in [1.165, 1.54) is 18.4 Å². The van der Waals surface area contributed by atoms with Crippen LogP contribution >= 0.6 is 12.4 Å². The lowest BCUT2D eigenvalue weighted by Crippen LogP contribution is -2.25. The first kappa shape index (κ1) is 15.8. The number of nitrogens with one attached hydrogen (secondary N) is 1. The summed E-state index contributed by atoms with van der Waals surface area (Å²) in [7, 11) is 0. The number of terminal acetylenes is 1. The van der Waals surface area contributed by atoms with E-state index >= 15 is 0 Å². The van der Waals surface area contributed by atoms with Crippen molar-refractivity contribution in [2.75, 3.05) is 19.8 Å². The van der Waals surface area contributed by atoms with Crippen LogP contribution in [0.4, 0.5) is 0 Å². The first-order valence-corrected chi connectivity index (χ1v) is 6.36. The standard InChI is InChI=1S/C15H19NO2.ClH/c1-2-8-17-14-6-3-5-13(10-14)11-16-12-15-7-4-9-18-15;/h1,3,5-6,10,15-16H,4,7-9,11-12H2;1H. The molecule has 1 aliphatic rings. The van der Waals surface area contributed by atoms with E-state index < -0.39 is 0 Å². The highest BCUT2D eigenvalue weighted by atomic mass is 35.5. The maximum Gasteiger partial charge on any atom is 0.148 e. The lowest BCUT2D eigenvalue weighted by molar-refractivity contribution is 0.110. The van der Waals surface area contributed by atoms with E-state index in [4.69, 9.17) is 15.9 Å². The van der Waals surface area contributed by atoms with Crippen LogP contribution in [0.3, 0.4) is 0 Å². The van der Waals surface area contributed by atoms with Crippen LogP contribution in [0.1, 0.15) is 18.4 Å². The molecule has 4 heteroatoms. The largest absolute Gasteiger partial charge is 0.481 e. The van der Waals surface area contributed by atoms with Gasteiger partial charge in [0.1, 0.15) is 12.4 Å². The van der Waals surface area contributed by atoms with E-state index in [2.05, 4.69) is 17.3 Å². The lowest BCUT2D eigenvalue weighted by Gasteiger charge is -2.11. The van der Waals surface area contributed by atoms with Crippen LogP contribution in [0.2, 0.25) is 0 Å². The molecule has 1 N–H and O–H groups in total. The second-order valence-corrected chi connectivity index (χ2v) is 4.41. The molecule has 0 aromatic heterocycles. The summed E-state index contributed by atoms with van der Waals surface area (Å²) in [5, 5.41) is 3.41. The Hall–Kier alpha value is -1.21. The topological polar surface area (TPSA) is 30.5 Å². The smallest absolute Gasteiger partial charge is 0.148 e. The Balaban J connectivity index is 0.00000180. The summed E-state index contributed by atoms with van der Waals surface area (Å²) >= 11 is 0. The molecule has 1 aliphatic heterocycles. The van der Waals surface area contributed by atoms with Crippen LogP contribution in [0.15, 0.2) is 24.3 Å². The Labute approximate surface area is 121 Å². The van der Waals surface area contributed by atoms with Gasteiger partial charge in [0.15, 0.2) is 0 Å². The summed E-state index contributed by atoms with van der Waals surface area (Å²) in [6.07, 6.45) is 7.89. The van der Waals surface area contributed by atoms with Gasteiger partial charge in [-0.25, -0.2) is 0 Å². The van der Waals surface area contributed by atoms with Gasteiger partial charge in [0.05, 0.1) is 6.10 Å². The van der Waals surface area contributed by atoms with Crippen molar-refractivity contribution in [3.05, 3.63) is 29.8 Å². The maximum atomic E-state index is 5.56. The quantitative estimate of drug-likeness (QED) is 0.812. The molecule has 1 heterocycles. The molecule has 1 unspecified atom stereocenters. The summed E-state index contributed by atoms with van der Waals surface area (Å²) in [5.74, 6) is 3.29. The molecule has 0 aliphatic carbocycles. The van der Waals surface area contributed by atoms with E-state index in [-0.39, 0.29) is 12.4 Å². The van der Waals surface area contributed by atoms with Gasteiger partial charge in [0, 0.05) is 19.7 Å². The van der Waals surface area contributed by atoms with Crippen LogP contribution in [0.5, 0.6) is 5.75 Å². The van der Waals surface area contributed by atoms with Gasteiger partial charge in [0.2, 0.25) is 0 Å². The highest BCUT2D eigenvalue weighted by molar-refractivity contribution is 5.85. The summed E-state index contributed by atoms with van der Waals surface area (Å²) in [4.78, 5) is 0. The number of ether oxygens (including phenoxy) is 2. The number of hydrogen-bond acceptors (Lipinski definition) is 3. The van der Waals surface area contributed by atoms with Crippen LogP contribution in [-0.2, 0) is 11.3 Å². The fourth-order valence-corrected chi connectivity index (χ4v) is 2.05. The molecule has 0 bridgehead atoms. The molecule has 1 saturated heterocycles. The lowest BCUT2D eigenvalue weighted by atomic mass is 10.2. The third-order valence-corrected chi connectivity index (χ3v) is 2.95. The predicted octanol–water partition coefficient (Wildman–Crippen LogP) is 2.39.